The van der Waals surface area contributed by atoms with E-state index in [1.807, 2.05) is 0 Å². The maximum Gasteiger partial charge on any atom is 0.442 e. The Hall–Kier alpha value is -3.53. The second kappa shape index (κ2) is 7.15. The Balaban J connectivity index is 1.86. The molecule has 132 valence electrons. The summed E-state index contributed by atoms with van der Waals surface area (Å²) in [5, 5.41) is 17.2. The number of nitrogens with one attached hydrogen (secondary N) is 1. The maximum atomic E-state index is 12.3. The summed E-state index contributed by atoms with van der Waals surface area (Å²) < 4.78 is 5.56. The summed E-state index contributed by atoms with van der Waals surface area (Å²) in [4.78, 5) is 38.5. The number of amides is 1. The van der Waals surface area contributed by atoms with Crippen LogP contribution in [0, 0.1) is 10.1 Å². The van der Waals surface area contributed by atoms with Crippen molar-refractivity contribution in [2.45, 2.75) is 6.54 Å². The van der Waals surface area contributed by atoms with Gasteiger partial charge in [0.2, 0.25) is 11.7 Å². The quantitative estimate of drug-likeness (QED) is 0.533. The summed E-state index contributed by atoms with van der Waals surface area (Å²) in [6, 6.07) is 8.77. The van der Waals surface area contributed by atoms with Gasteiger partial charge in [-0.15, -0.1) is 0 Å². The minimum Gasteiger partial charge on any atom is -0.319 e. The number of nitrogens with zero attached hydrogens (tertiary/aromatic N) is 4. The van der Waals surface area contributed by atoms with E-state index >= 15 is 0 Å². The number of aromatic nitrogens is 3. The summed E-state index contributed by atoms with van der Waals surface area (Å²) in [6.45, 7) is -0.464. The van der Waals surface area contributed by atoms with E-state index in [-0.39, 0.29) is 22.2 Å². The molecule has 0 aliphatic rings. The number of carbonyl (C=O) groups excluding carboxylic acids is 1. The number of pyridine rings is 1. The average molecular weight is 376 g/mol. The molecule has 2 heterocycles. The molecular formula is C15H10ClN5O5. The Morgan fingerprint density at radius 2 is 2.15 bits per heavy atom. The van der Waals surface area contributed by atoms with Gasteiger partial charge >= 0.3 is 5.76 Å². The zero-order chi connectivity index (χ0) is 18.7. The summed E-state index contributed by atoms with van der Waals surface area (Å²) in [5.74, 6) is -1.47. The molecule has 0 bridgehead atoms. The highest BCUT2D eigenvalue weighted by Crippen LogP contribution is 2.27. The molecule has 0 saturated carbocycles. The summed E-state index contributed by atoms with van der Waals surface area (Å²) in [6.07, 6.45) is 1.50. The second-order valence-electron chi connectivity index (χ2n) is 5.04. The lowest BCUT2D eigenvalue weighted by atomic mass is 10.2. The van der Waals surface area contributed by atoms with Gasteiger partial charge in [0.25, 0.3) is 5.69 Å². The predicted molar refractivity (Wildman–Crippen MR) is 90.7 cm³/mol. The van der Waals surface area contributed by atoms with Crippen LogP contribution in [-0.4, -0.2) is 25.5 Å². The van der Waals surface area contributed by atoms with Crippen molar-refractivity contribution in [2.24, 2.45) is 0 Å². The third-order valence-corrected chi connectivity index (χ3v) is 3.55. The molecule has 0 atom stereocenters. The highest BCUT2D eigenvalue weighted by molar-refractivity contribution is 6.31. The number of hydrogen-bond donors (Lipinski definition) is 1. The first-order valence-corrected chi connectivity index (χ1v) is 7.55. The van der Waals surface area contributed by atoms with Crippen LogP contribution in [0.15, 0.2) is 51.9 Å². The monoisotopic (exact) mass is 375 g/mol. The lowest BCUT2D eigenvalue weighted by Gasteiger charge is -2.07. The van der Waals surface area contributed by atoms with Gasteiger partial charge in [-0.1, -0.05) is 22.8 Å². The zero-order valence-corrected chi connectivity index (χ0v) is 13.7. The lowest BCUT2D eigenvalue weighted by Crippen LogP contribution is -2.26. The second-order valence-corrected chi connectivity index (χ2v) is 5.48. The van der Waals surface area contributed by atoms with Crippen LogP contribution in [0.5, 0.6) is 0 Å². The Labute approximate surface area is 150 Å². The highest BCUT2D eigenvalue weighted by Gasteiger charge is 2.20. The van der Waals surface area contributed by atoms with Crippen LogP contribution in [0.2, 0.25) is 5.02 Å². The molecule has 10 nitrogen and oxygen atoms in total. The Morgan fingerprint density at radius 3 is 2.85 bits per heavy atom. The molecule has 0 aliphatic heterocycles. The fourth-order valence-corrected chi connectivity index (χ4v) is 2.35. The first kappa shape index (κ1) is 17.3. The van der Waals surface area contributed by atoms with Crippen molar-refractivity contribution in [3.63, 3.8) is 0 Å². The molecule has 1 amide bonds. The van der Waals surface area contributed by atoms with E-state index in [9.17, 15) is 19.7 Å². The topological polar surface area (TPSA) is 133 Å². The van der Waals surface area contributed by atoms with Crippen LogP contribution >= 0.6 is 11.6 Å². The van der Waals surface area contributed by atoms with E-state index in [1.54, 1.807) is 18.2 Å². The van der Waals surface area contributed by atoms with Gasteiger partial charge in [0, 0.05) is 17.3 Å². The van der Waals surface area contributed by atoms with Gasteiger partial charge in [-0.3, -0.25) is 24.4 Å². The molecule has 0 spiro atoms. The molecule has 0 aliphatic carbocycles. The fourth-order valence-electron chi connectivity index (χ4n) is 2.18. The zero-order valence-electron chi connectivity index (χ0n) is 13.0. The lowest BCUT2D eigenvalue weighted by molar-refractivity contribution is -0.383. The number of benzene rings is 1. The summed E-state index contributed by atoms with van der Waals surface area (Å²) in [7, 11) is 0. The van der Waals surface area contributed by atoms with Crippen LogP contribution in [0.3, 0.4) is 0 Å². The Morgan fingerprint density at radius 1 is 1.35 bits per heavy atom. The van der Waals surface area contributed by atoms with Crippen molar-refractivity contribution in [3.8, 4) is 11.5 Å². The number of carbonyl (C=O) groups is 1. The number of halogens is 1. The first-order valence-electron chi connectivity index (χ1n) is 7.17. The number of nitro groups is 1. The number of anilines is 1. The molecule has 3 rings (SSSR count). The number of rotatable bonds is 5. The van der Waals surface area contributed by atoms with Gasteiger partial charge < -0.3 is 5.32 Å². The molecule has 0 saturated heterocycles. The highest BCUT2D eigenvalue weighted by atomic mass is 35.5. The Bertz CT molecular complexity index is 1030. The summed E-state index contributed by atoms with van der Waals surface area (Å²) in [5.41, 5.74) is -0.0784. The van der Waals surface area contributed by atoms with E-state index in [0.717, 1.165) is 10.6 Å². The average Bonchev–Trinajstić information content (AvgIpc) is 2.97. The molecule has 3 aromatic rings. The third kappa shape index (κ3) is 3.59. The van der Waals surface area contributed by atoms with Gasteiger partial charge in [-0.25, -0.2) is 9.36 Å². The SMILES string of the molecule is O=C(Cn1c(-c2ccccn2)noc1=O)Nc1ccc(Cl)cc1[N+](=O)[O-]. The third-order valence-electron chi connectivity index (χ3n) is 3.31. The van der Waals surface area contributed by atoms with E-state index in [1.165, 1.54) is 18.3 Å². The van der Waals surface area contributed by atoms with Gasteiger partial charge in [0.1, 0.15) is 17.9 Å². The van der Waals surface area contributed by atoms with E-state index < -0.39 is 23.1 Å². The number of nitro benzene ring substituents is 1. The number of hydrogen-bond acceptors (Lipinski definition) is 7. The Kier molecular flexibility index (Phi) is 4.76. The van der Waals surface area contributed by atoms with Crippen molar-refractivity contribution >= 4 is 28.9 Å². The minimum absolute atomic E-state index is 0.0479. The maximum absolute atomic E-state index is 12.3. The molecule has 1 N–H and O–H groups in total. The van der Waals surface area contributed by atoms with Crippen LogP contribution in [-0.2, 0) is 11.3 Å². The molecule has 1 aromatic carbocycles. The molecule has 0 fully saturated rings. The van der Waals surface area contributed by atoms with Gasteiger partial charge in [0.05, 0.1) is 4.92 Å². The van der Waals surface area contributed by atoms with Crippen LogP contribution in [0.1, 0.15) is 0 Å². The summed E-state index contributed by atoms with van der Waals surface area (Å²) >= 11 is 5.73. The van der Waals surface area contributed by atoms with Crippen molar-refractivity contribution in [2.75, 3.05) is 5.32 Å². The van der Waals surface area contributed by atoms with Gasteiger partial charge in [0.15, 0.2) is 0 Å². The standard InChI is InChI=1S/C15H10ClN5O5/c16-9-4-5-10(12(7-9)21(24)25)18-13(22)8-20-14(19-26-15(20)23)11-3-1-2-6-17-11/h1-7H,8H2,(H,18,22). The molecule has 0 unspecified atom stereocenters. The van der Waals surface area contributed by atoms with E-state index in [2.05, 4.69) is 20.0 Å². The molecule has 11 heteroatoms. The van der Waals surface area contributed by atoms with Crippen molar-refractivity contribution in [1.29, 1.82) is 0 Å². The van der Waals surface area contributed by atoms with E-state index in [0.29, 0.717) is 5.69 Å². The molecular weight excluding hydrogens is 366 g/mol. The molecule has 0 radical (unpaired) electrons. The van der Waals surface area contributed by atoms with Crippen LogP contribution in [0.25, 0.3) is 11.5 Å². The largest absolute Gasteiger partial charge is 0.442 e. The first-order chi connectivity index (χ1) is 12.5. The molecule has 2 aromatic heterocycles. The minimum atomic E-state index is -0.855. The smallest absolute Gasteiger partial charge is 0.319 e. The van der Waals surface area contributed by atoms with Crippen molar-refractivity contribution in [1.82, 2.24) is 14.7 Å². The van der Waals surface area contributed by atoms with Crippen LogP contribution in [0.4, 0.5) is 11.4 Å². The molecule has 26 heavy (non-hydrogen) atoms. The van der Waals surface area contributed by atoms with Gasteiger partial charge in [-0.05, 0) is 24.3 Å². The normalized spacial score (nSPS) is 10.5. The predicted octanol–water partition coefficient (Wildman–Crippen LogP) is 2.10. The van der Waals surface area contributed by atoms with Gasteiger partial charge in [-0.2, -0.15) is 0 Å². The fraction of sp³-hybridized carbons (Fsp3) is 0.0667. The van der Waals surface area contributed by atoms with E-state index in [4.69, 9.17) is 11.6 Å². The van der Waals surface area contributed by atoms with Crippen LogP contribution < -0.4 is 11.1 Å². The van der Waals surface area contributed by atoms with Crippen molar-refractivity contribution < 1.29 is 14.2 Å². The van der Waals surface area contributed by atoms with Crippen molar-refractivity contribution in [3.05, 3.63) is 68.3 Å².